The number of terminal acetylenes is 1. The van der Waals surface area contributed by atoms with E-state index in [2.05, 4.69) is 30.3 Å². The molecule has 5 nitrogen and oxygen atoms in total. The number of hydrogen-bond acceptors (Lipinski definition) is 5. The summed E-state index contributed by atoms with van der Waals surface area (Å²) in [6, 6.07) is 12.2. The van der Waals surface area contributed by atoms with E-state index in [9.17, 15) is 4.79 Å². The molecule has 30 heavy (non-hydrogen) atoms. The molecule has 4 unspecified atom stereocenters. The van der Waals surface area contributed by atoms with E-state index in [1.165, 1.54) is 0 Å². The van der Waals surface area contributed by atoms with Crippen molar-refractivity contribution < 1.29 is 13.9 Å². The van der Waals surface area contributed by atoms with Crippen LogP contribution in [0.1, 0.15) is 57.1 Å². The predicted octanol–water partition coefficient (Wildman–Crippen LogP) is 4.73. The van der Waals surface area contributed by atoms with Crippen molar-refractivity contribution >= 4 is 12.2 Å². The first kappa shape index (κ1) is 21.7. The average molecular weight is 407 g/mol. The number of carbonyl (C=O) groups excluding carboxylic acids is 1. The van der Waals surface area contributed by atoms with E-state index in [1.807, 2.05) is 56.5 Å². The van der Waals surface area contributed by atoms with Crippen molar-refractivity contribution in [2.24, 2.45) is 22.4 Å². The van der Waals surface area contributed by atoms with E-state index in [1.54, 1.807) is 6.26 Å². The van der Waals surface area contributed by atoms with Gasteiger partial charge in [-0.1, -0.05) is 57.0 Å². The molecule has 1 aliphatic carbocycles. The number of furan rings is 1. The fraction of sp³-hybridized carbons (Fsp3) is 0.440. The first-order valence-electron chi connectivity index (χ1n) is 10.4. The second-order valence-corrected chi connectivity index (χ2v) is 8.53. The molecule has 158 valence electrons. The highest BCUT2D eigenvalue weighted by molar-refractivity contribution is 5.85. The molecule has 5 heteroatoms. The van der Waals surface area contributed by atoms with Crippen LogP contribution in [-0.4, -0.2) is 18.2 Å². The summed E-state index contributed by atoms with van der Waals surface area (Å²) in [6.45, 7) is 8.24. The normalized spacial score (nSPS) is 21.6. The maximum absolute atomic E-state index is 12.8. The molecule has 1 aliphatic rings. The molecule has 0 bridgehead atoms. The summed E-state index contributed by atoms with van der Waals surface area (Å²) in [7, 11) is 0. The summed E-state index contributed by atoms with van der Waals surface area (Å²) in [5.74, 6) is 2.82. The molecule has 0 saturated heterocycles. The fourth-order valence-corrected chi connectivity index (χ4v) is 3.56. The number of esters is 1. The standard InChI is InChI=1S/C25H30N2O3/c1-6-17(3)27-26-15-21-23(25(21,4)5)24(28)30-22(7-2)19-14-20(29-16-19)13-18-11-9-8-10-12-18/h2,8-12,14-17,21-23,27H,6,13H2,1,3-5H3. The Morgan fingerprint density at radius 3 is 2.80 bits per heavy atom. The van der Waals surface area contributed by atoms with Crippen molar-refractivity contribution in [1.82, 2.24) is 5.43 Å². The maximum atomic E-state index is 12.8. The van der Waals surface area contributed by atoms with Gasteiger partial charge in [0, 0.05) is 30.2 Å². The summed E-state index contributed by atoms with van der Waals surface area (Å²) >= 11 is 0. The van der Waals surface area contributed by atoms with Gasteiger partial charge in [-0.2, -0.15) is 5.10 Å². The molecule has 1 saturated carbocycles. The number of ether oxygens (including phenoxy) is 1. The quantitative estimate of drug-likeness (QED) is 0.283. The second kappa shape index (κ2) is 9.21. The maximum Gasteiger partial charge on any atom is 0.311 e. The van der Waals surface area contributed by atoms with Crippen molar-refractivity contribution in [3.63, 3.8) is 0 Å². The molecule has 0 radical (unpaired) electrons. The van der Waals surface area contributed by atoms with E-state index >= 15 is 0 Å². The number of hydrazone groups is 1. The third kappa shape index (κ3) is 4.94. The van der Waals surface area contributed by atoms with Crippen LogP contribution in [0.2, 0.25) is 0 Å². The van der Waals surface area contributed by atoms with Crippen molar-refractivity contribution in [2.45, 2.75) is 52.7 Å². The first-order chi connectivity index (χ1) is 14.4. The largest absolute Gasteiger partial charge is 0.469 e. The third-order valence-corrected chi connectivity index (χ3v) is 5.89. The zero-order chi connectivity index (χ0) is 21.7. The van der Waals surface area contributed by atoms with Gasteiger partial charge in [-0.05, 0) is 30.4 Å². The minimum atomic E-state index is -0.766. The van der Waals surface area contributed by atoms with Crippen LogP contribution in [0.4, 0.5) is 0 Å². The summed E-state index contributed by atoms with van der Waals surface area (Å²) in [5.41, 5.74) is 4.69. The van der Waals surface area contributed by atoms with E-state index < -0.39 is 6.10 Å². The molecule has 4 atom stereocenters. The Bertz CT molecular complexity index is 923. The second-order valence-electron chi connectivity index (χ2n) is 8.53. The Morgan fingerprint density at radius 2 is 2.13 bits per heavy atom. The smallest absolute Gasteiger partial charge is 0.311 e. The van der Waals surface area contributed by atoms with Gasteiger partial charge in [0.05, 0.1) is 12.2 Å². The number of rotatable bonds is 9. The molecule has 0 aliphatic heterocycles. The van der Waals surface area contributed by atoms with E-state index in [-0.39, 0.29) is 23.2 Å². The van der Waals surface area contributed by atoms with Crippen LogP contribution in [0.5, 0.6) is 0 Å². The Hall–Kier alpha value is -3.00. The van der Waals surface area contributed by atoms with Gasteiger partial charge in [-0.15, -0.1) is 6.42 Å². The van der Waals surface area contributed by atoms with Gasteiger partial charge in [0.1, 0.15) is 5.76 Å². The number of benzene rings is 1. The lowest BCUT2D eigenvalue weighted by molar-refractivity contribution is -0.149. The Labute approximate surface area is 178 Å². The van der Waals surface area contributed by atoms with Crippen molar-refractivity contribution in [2.75, 3.05) is 0 Å². The molecular formula is C25H30N2O3. The number of carbonyl (C=O) groups is 1. The first-order valence-corrected chi connectivity index (χ1v) is 10.4. The van der Waals surface area contributed by atoms with Crippen LogP contribution < -0.4 is 5.43 Å². The van der Waals surface area contributed by atoms with Crippen LogP contribution in [0.15, 0.2) is 52.2 Å². The van der Waals surface area contributed by atoms with Crippen LogP contribution in [0.3, 0.4) is 0 Å². The van der Waals surface area contributed by atoms with Crippen LogP contribution in [0.25, 0.3) is 0 Å². The Morgan fingerprint density at radius 1 is 1.40 bits per heavy atom. The molecule has 1 N–H and O–H groups in total. The summed E-state index contributed by atoms with van der Waals surface area (Å²) in [6.07, 6.45) is 9.93. The number of nitrogens with one attached hydrogen (secondary N) is 1. The van der Waals surface area contributed by atoms with Crippen LogP contribution in [-0.2, 0) is 16.0 Å². The highest BCUT2D eigenvalue weighted by atomic mass is 16.5. The van der Waals surface area contributed by atoms with Gasteiger partial charge in [-0.3, -0.25) is 4.79 Å². The molecule has 1 fully saturated rings. The zero-order valence-electron chi connectivity index (χ0n) is 18.1. The van der Waals surface area contributed by atoms with Crippen molar-refractivity contribution in [1.29, 1.82) is 0 Å². The molecule has 2 aromatic rings. The lowest BCUT2D eigenvalue weighted by Crippen LogP contribution is -2.19. The minimum absolute atomic E-state index is 0.0259. The molecular weight excluding hydrogens is 376 g/mol. The SMILES string of the molecule is C#CC(OC(=O)C1C(C=NNC(C)CC)C1(C)C)c1coc(Cc2ccccc2)c1. The lowest BCUT2D eigenvalue weighted by atomic mass is 10.1. The Kier molecular flexibility index (Phi) is 6.66. The molecule has 1 aromatic carbocycles. The summed E-state index contributed by atoms with van der Waals surface area (Å²) < 4.78 is 11.3. The molecule has 3 rings (SSSR count). The van der Waals surface area contributed by atoms with Gasteiger partial charge in [-0.25, -0.2) is 0 Å². The van der Waals surface area contributed by atoms with Crippen molar-refractivity contribution in [3.8, 4) is 12.3 Å². The number of nitrogens with zero attached hydrogens (tertiary/aromatic N) is 1. The van der Waals surface area contributed by atoms with E-state index in [0.717, 1.165) is 17.7 Å². The third-order valence-electron chi connectivity index (χ3n) is 5.89. The Balaban J connectivity index is 1.61. The number of hydrogen-bond donors (Lipinski definition) is 1. The van der Waals surface area contributed by atoms with Gasteiger partial charge >= 0.3 is 5.97 Å². The molecule has 0 amide bonds. The van der Waals surface area contributed by atoms with Gasteiger partial charge in [0.25, 0.3) is 0 Å². The van der Waals surface area contributed by atoms with Gasteiger partial charge < -0.3 is 14.6 Å². The highest BCUT2D eigenvalue weighted by Gasteiger charge is 2.62. The van der Waals surface area contributed by atoms with Gasteiger partial charge in [0.2, 0.25) is 0 Å². The average Bonchev–Trinajstić information content (AvgIpc) is 3.04. The summed E-state index contributed by atoms with van der Waals surface area (Å²) in [4.78, 5) is 12.8. The van der Waals surface area contributed by atoms with E-state index in [4.69, 9.17) is 15.6 Å². The molecule has 1 heterocycles. The predicted molar refractivity (Wildman–Crippen MR) is 118 cm³/mol. The topological polar surface area (TPSA) is 63.8 Å². The lowest BCUT2D eigenvalue weighted by Gasteiger charge is -2.11. The minimum Gasteiger partial charge on any atom is -0.469 e. The zero-order valence-corrected chi connectivity index (χ0v) is 18.1. The fourth-order valence-electron chi connectivity index (χ4n) is 3.56. The molecule has 1 aromatic heterocycles. The molecule has 0 spiro atoms. The van der Waals surface area contributed by atoms with Crippen LogP contribution >= 0.6 is 0 Å². The van der Waals surface area contributed by atoms with E-state index in [0.29, 0.717) is 18.0 Å². The van der Waals surface area contributed by atoms with Crippen LogP contribution in [0, 0.1) is 29.6 Å². The highest BCUT2D eigenvalue weighted by Crippen LogP contribution is 2.58. The summed E-state index contributed by atoms with van der Waals surface area (Å²) in [5, 5.41) is 4.29. The van der Waals surface area contributed by atoms with Gasteiger partial charge in [0.15, 0.2) is 6.10 Å². The van der Waals surface area contributed by atoms with Crippen molar-refractivity contribution in [3.05, 3.63) is 59.5 Å². The monoisotopic (exact) mass is 406 g/mol.